The van der Waals surface area contributed by atoms with Crippen LogP contribution in [0.25, 0.3) is 0 Å². The van der Waals surface area contributed by atoms with E-state index in [9.17, 15) is 8.78 Å². The average molecular weight is 412 g/mol. The Labute approximate surface area is 177 Å². The summed E-state index contributed by atoms with van der Waals surface area (Å²) in [6.07, 6.45) is 15.6. The number of hydrogen-bond acceptors (Lipinski definition) is 2. The van der Waals surface area contributed by atoms with E-state index in [0.717, 1.165) is 42.1 Å². The molecule has 0 aromatic heterocycles. The molecular weight excluding hydrogens is 384 g/mol. The molecule has 4 heteroatoms. The number of halogens is 2. The highest BCUT2D eigenvalue weighted by atomic mass is 32.1. The Morgan fingerprint density at radius 3 is 1.97 bits per heavy atom. The Morgan fingerprint density at radius 1 is 0.828 bits per heavy atom. The molecule has 0 bridgehead atoms. The molecule has 0 amide bonds. The summed E-state index contributed by atoms with van der Waals surface area (Å²) >= 11 is 4.42. The maximum Gasteiger partial charge on any atom is 0.153 e. The fourth-order valence-electron chi connectivity index (χ4n) is 5.34. The first kappa shape index (κ1) is 20.5. The minimum atomic E-state index is -0.762. The van der Waals surface area contributed by atoms with Crippen molar-refractivity contribution < 1.29 is 8.78 Å². The Bertz CT molecular complexity index is 868. The third-order valence-electron chi connectivity index (χ3n) is 7.29. The van der Waals surface area contributed by atoms with Gasteiger partial charge in [-0.25, -0.2) is 8.78 Å². The molecule has 0 spiro atoms. The number of rotatable bonds is 3. The van der Waals surface area contributed by atoms with E-state index in [1.54, 1.807) is 0 Å². The van der Waals surface area contributed by atoms with E-state index < -0.39 is 17.3 Å². The lowest BCUT2D eigenvalue weighted by Gasteiger charge is -2.41. The molecule has 152 valence electrons. The number of benzene rings is 1. The molecule has 2 fully saturated rings. The molecule has 2 saturated carbocycles. The van der Waals surface area contributed by atoms with Crippen LogP contribution in [0.3, 0.4) is 0 Å². The van der Waals surface area contributed by atoms with Crippen LogP contribution in [0.15, 0.2) is 28.8 Å². The molecule has 4 rings (SSSR count). The van der Waals surface area contributed by atoms with Gasteiger partial charge in [-0.2, -0.15) is 4.99 Å². The summed E-state index contributed by atoms with van der Waals surface area (Å²) in [4.78, 5) is 3.43. The predicted molar refractivity (Wildman–Crippen MR) is 116 cm³/mol. The van der Waals surface area contributed by atoms with Crippen LogP contribution in [-0.4, -0.2) is 5.16 Å². The number of aliphatic imine (C=N–C) groups is 1. The van der Waals surface area contributed by atoms with Gasteiger partial charge < -0.3 is 0 Å². The zero-order valence-corrected chi connectivity index (χ0v) is 17.5. The largest absolute Gasteiger partial charge is 0.204 e. The second-order valence-corrected chi connectivity index (χ2v) is 9.05. The molecule has 1 atom stereocenters. The van der Waals surface area contributed by atoms with Gasteiger partial charge in [0.2, 0.25) is 0 Å². The van der Waals surface area contributed by atoms with Crippen LogP contribution in [0.1, 0.15) is 69.8 Å². The smallest absolute Gasteiger partial charge is 0.153 e. The molecule has 1 aromatic carbocycles. The highest BCUT2D eigenvalue weighted by molar-refractivity contribution is 7.78. The van der Waals surface area contributed by atoms with Crippen LogP contribution in [-0.2, 0) is 0 Å². The quantitative estimate of drug-likeness (QED) is 0.287. The van der Waals surface area contributed by atoms with Gasteiger partial charge in [0.1, 0.15) is 5.69 Å². The molecule has 0 aliphatic heterocycles. The van der Waals surface area contributed by atoms with Gasteiger partial charge in [0.25, 0.3) is 0 Å². The van der Waals surface area contributed by atoms with Crippen molar-refractivity contribution in [3.05, 3.63) is 41.0 Å². The molecule has 3 aliphatic carbocycles. The Hall–Kier alpha value is -1.82. The lowest BCUT2D eigenvalue weighted by molar-refractivity contribution is 0.114. The van der Waals surface area contributed by atoms with Crippen molar-refractivity contribution >= 4 is 23.1 Å². The van der Waals surface area contributed by atoms with E-state index in [2.05, 4.69) is 35.1 Å². The Balaban J connectivity index is 1.33. The van der Waals surface area contributed by atoms with E-state index in [4.69, 9.17) is 0 Å². The molecule has 0 heterocycles. The van der Waals surface area contributed by atoms with Gasteiger partial charge in [0, 0.05) is 5.56 Å². The third kappa shape index (κ3) is 4.85. The number of hydrogen-bond donors (Lipinski definition) is 0. The van der Waals surface area contributed by atoms with Crippen molar-refractivity contribution in [2.75, 3.05) is 0 Å². The van der Waals surface area contributed by atoms with Crippen LogP contribution in [0.4, 0.5) is 14.5 Å². The van der Waals surface area contributed by atoms with Crippen molar-refractivity contribution in [1.82, 2.24) is 0 Å². The lowest BCUT2D eigenvalue weighted by Crippen LogP contribution is -2.29. The van der Waals surface area contributed by atoms with Gasteiger partial charge in [-0.05, 0) is 98.5 Å². The predicted octanol–water partition coefficient (Wildman–Crippen LogP) is 7.38. The third-order valence-corrected chi connectivity index (χ3v) is 7.38. The van der Waals surface area contributed by atoms with E-state index in [1.807, 2.05) is 5.16 Å². The van der Waals surface area contributed by atoms with E-state index in [1.165, 1.54) is 63.5 Å². The highest BCUT2D eigenvalue weighted by Gasteiger charge is 2.33. The summed E-state index contributed by atoms with van der Waals surface area (Å²) in [7, 11) is 0. The van der Waals surface area contributed by atoms with Gasteiger partial charge in [-0.15, -0.1) is 0 Å². The van der Waals surface area contributed by atoms with Gasteiger partial charge in [-0.3, -0.25) is 0 Å². The Morgan fingerprint density at radius 2 is 1.45 bits per heavy atom. The number of isothiocyanates is 1. The molecule has 3 aliphatic rings. The second-order valence-electron chi connectivity index (χ2n) is 8.87. The van der Waals surface area contributed by atoms with Crippen LogP contribution in [0.2, 0.25) is 0 Å². The first-order chi connectivity index (χ1) is 14.1. The first-order valence-electron chi connectivity index (χ1n) is 10.9. The topological polar surface area (TPSA) is 12.4 Å². The number of nitrogens with zero attached hydrogens (tertiary/aromatic N) is 1. The zero-order chi connectivity index (χ0) is 20.2. The van der Waals surface area contributed by atoms with Crippen molar-refractivity contribution in [2.24, 2.45) is 28.7 Å². The van der Waals surface area contributed by atoms with Gasteiger partial charge in [0.05, 0.1) is 5.16 Å². The van der Waals surface area contributed by atoms with Crippen LogP contribution < -0.4 is 0 Å². The van der Waals surface area contributed by atoms with E-state index in [0.29, 0.717) is 5.56 Å². The second kappa shape index (κ2) is 9.33. The van der Waals surface area contributed by atoms with Crippen LogP contribution in [0, 0.1) is 47.1 Å². The lowest BCUT2D eigenvalue weighted by atomic mass is 9.65. The SMILES string of the molecule is Fc1cc(C#CC2=CCC(C3CCC(C4CCC4)CC3)CC2)cc(F)c1N=C=S. The van der Waals surface area contributed by atoms with Crippen molar-refractivity contribution in [1.29, 1.82) is 0 Å². The standard InChI is InChI=1S/C25H27F2NS/c26-23-14-18(15-24(27)25(23)28-16-29)5-4-17-6-8-20(9-7-17)22-12-10-21(11-13-22)19-2-1-3-19/h6,14-15,19-22H,1-3,7-13H2. The van der Waals surface area contributed by atoms with Crippen LogP contribution >= 0.6 is 12.2 Å². The van der Waals surface area contributed by atoms with Gasteiger partial charge in [-0.1, -0.05) is 37.2 Å². The Kier molecular flexibility index (Phi) is 6.58. The number of thiocarbonyl (C=S) groups is 1. The van der Waals surface area contributed by atoms with E-state index in [-0.39, 0.29) is 0 Å². The maximum absolute atomic E-state index is 13.9. The fourth-order valence-corrected chi connectivity index (χ4v) is 5.43. The highest BCUT2D eigenvalue weighted by Crippen LogP contribution is 2.45. The average Bonchev–Trinajstić information content (AvgIpc) is 2.69. The van der Waals surface area contributed by atoms with Gasteiger partial charge >= 0.3 is 0 Å². The van der Waals surface area contributed by atoms with Crippen molar-refractivity contribution in [3.63, 3.8) is 0 Å². The minimum Gasteiger partial charge on any atom is -0.204 e. The minimum absolute atomic E-state index is 0.320. The molecule has 1 aromatic rings. The summed E-state index contributed by atoms with van der Waals surface area (Å²) in [6, 6.07) is 2.41. The zero-order valence-electron chi connectivity index (χ0n) is 16.7. The molecule has 0 N–H and O–H groups in total. The fraction of sp³-hybridized carbons (Fsp3) is 0.560. The van der Waals surface area contributed by atoms with Crippen molar-refractivity contribution in [3.8, 4) is 11.8 Å². The number of allylic oxidation sites excluding steroid dienone is 2. The summed E-state index contributed by atoms with van der Waals surface area (Å²) in [5.41, 5.74) is 1.00. The normalized spacial score (nSPS) is 27.1. The summed E-state index contributed by atoms with van der Waals surface area (Å²) in [5.74, 6) is 8.19. The van der Waals surface area contributed by atoms with Gasteiger partial charge in [0.15, 0.2) is 11.6 Å². The molecule has 1 unspecified atom stereocenters. The first-order valence-corrected chi connectivity index (χ1v) is 11.3. The van der Waals surface area contributed by atoms with Crippen molar-refractivity contribution in [2.45, 2.75) is 64.2 Å². The maximum atomic E-state index is 13.9. The molecule has 0 radical (unpaired) electrons. The van der Waals surface area contributed by atoms with Crippen LogP contribution in [0.5, 0.6) is 0 Å². The molecular formula is C25H27F2NS. The van der Waals surface area contributed by atoms with E-state index >= 15 is 0 Å². The molecule has 1 nitrogen and oxygen atoms in total. The summed E-state index contributed by atoms with van der Waals surface area (Å²) < 4.78 is 27.8. The monoisotopic (exact) mass is 411 g/mol. The molecule has 0 saturated heterocycles. The summed E-state index contributed by atoms with van der Waals surface area (Å²) in [5, 5.41) is 2.00. The summed E-state index contributed by atoms with van der Waals surface area (Å²) in [6.45, 7) is 0. The molecule has 29 heavy (non-hydrogen) atoms.